The number of hydrogen-bond acceptors (Lipinski definition) is 2. The van der Waals surface area contributed by atoms with Gasteiger partial charge in [-0.3, -0.25) is 11.3 Å². The Morgan fingerprint density at radius 3 is 2.40 bits per heavy atom. The predicted molar refractivity (Wildman–Crippen MR) is 96.5 cm³/mol. The molecule has 2 aromatic carbocycles. The van der Waals surface area contributed by atoms with Crippen LogP contribution in [0.4, 0.5) is 0 Å². The Morgan fingerprint density at radius 1 is 1.15 bits per heavy atom. The van der Waals surface area contributed by atoms with Gasteiger partial charge in [0.25, 0.3) is 0 Å². The molecule has 0 bridgehead atoms. The van der Waals surface area contributed by atoms with E-state index in [2.05, 4.69) is 94.2 Å². The molecule has 0 radical (unpaired) electrons. The van der Waals surface area contributed by atoms with Crippen LogP contribution in [0.1, 0.15) is 28.3 Å². The van der Waals surface area contributed by atoms with Crippen molar-refractivity contribution in [2.24, 2.45) is 5.84 Å². The molecular weight excluding hydrogens is 427 g/mol. The van der Waals surface area contributed by atoms with Crippen molar-refractivity contribution < 1.29 is 0 Å². The van der Waals surface area contributed by atoms with Crippen molar-refractivity contribution in [3.8, 4) is 0 Å². The summed E-state index contributed by atoms with van der Waals surface area (Å²) in [6.45, 7) is 4.26. The van der Waals surface area contributed by atoms with E-state index >= 15 is 0 Å². The van der Waals surface area contributed by atoms with Gasteiger partial charge in [-0.05, 0) is 72.2 Å². The first-order valence-electron chi connectivity index (χ1n) is 6.48. The Balaban J connectivity index is 2.31. The first-order valence-corrected chi connectivity index (χ1v) is 8.35. The van der Waals surface area contributed by atoms with E-state index in [1.807, 2.05) is 0 Å². The standard InChI is InChI=1S/C16H18BrIN2/c1-10-5-11(2)7-12(6-10)8-16(20-19)14-9-13(18)3-4-15(14)17/h3-7,9,16,20H,8,19H2,1-2H3. The summed E-state index contributed by atoms with van der Waals surface area (Å²) in [6, 6.07) is 13.0. The lowest BCUT2D eigenvalue weighted by atomic mass is 9.97. The van der Waals surface area contributed by atoms with Crippen LogP contribution in [0.5, 0.6) is 0 Å². The van der Waals surface area contributed by atoms with Crippen molar-refractivity contribution in [1.29, 1.82) is 0 Å². The SMILES string of the molecule is Cc1cc(C)cc(CC(NN)c2cc(I)ccc2Br)c1. The van der Waals surface area contributed by atoms with Crippen molar-refractivity contribution in [3.63, 3.8) is 0 Å². The fourth-order valence-corrected chi connectivity index (χ4v) is 3.50. The Bertz CT molecular complexity index is 593. The van der Waals surface area contributed by atoms with Crippen LogP contribution in [0.15, 0.2) is 40.9 Å². The van der Waals surface area contributed by atoms with E-state index in [-0.39, 0.29) is 6.04 Å². The highest BCUT2D eigenvalue weighted by Gasteiger charge is 2.14. The first-order chi connectivity index (χ1) is 9.49. The Hall–Kier alpha value is -0.430. The molecule has 1 unspecified atom stereocenters. The summed E-state index contributed by atoms with van der Waals surface area (Å²) in [6.07, 6.45) is 0.873. The summed E-state index contributed by atoms with van der Waals surface area (Å²) < 4.78 is 2.30. The van der Waals surface area contributed by atoms with Crippen LogP contribution >= 0.6 is 38.5 Å². The number of hydrazine groups is 1. The second kappa shape index (κ2) is 7.02. The number of nitrogens with one attached hydrogen (secondary N) is 1. The largest absolute Gasteiger partial charge is 0.271 e. The maximum atomic E-state index is 5.77. The van der Waals surface area contributed by atoms with Crippen molar-refractivity contribution in [2.45, 2.75) is 26.3 Å². The van der Waals surface area contributed by atoms with E-state index in [0.717, 1.165) is 10.9 Å². The van der Waals surface area contributed by atoms with Crippen LogP contribution in [0.25, 0.3) is 0 Å². The number of rotatable bonds is 4. The Labute approximate surface area is 142 Å². The van der Waals surface area contributed by atoms with E-state index in [1.54, 1.807) is 0 Å². The highest BCUT2D eigenvalue weighted by atomic mass is 127. The molecule has 4 heteroatoms. The van der Waals surface area contributed by atoms with Crippen molar-refractivity contribution in [1.82, 2.24) is 5.43 Å². The van der Waals surface area contributed by atoms with Gasteiger partial charge in [-0.2, -0.15) is 0 Å². The Morgan fingerprint density at radius 2 is 1.80 bits per heavy atom. The van der Waals surface area contributed by atoms with Crippen LogP contribution in [0.2, 0.25) is 0 Å². The van der Waals surface area contributed by atoms with E-state index in [9.17, 15) is 0 Å². The summed E-state index contributed by atoms with van der Waals surface area (Å²) in [5.74, 6) is 5.77. The van der Waals surface area contributed by atoms with Crippen molar-refractivity contribution in [2.75, 3.05) is 0 Å². The summed E-state index contributed by atoms with van der Waals surface area (Å²) in [5, 5.41) is 0. The summed E-state index contributed by atoms with van der Waals surface area (Å²) in [4.78, 5) is 0. The minimum absolute atomic E-state index is 0.0975. The molecule has 0 saturated carbocycles. The van der Waals surface area contributed by atoms with Gasteiger partial charge in [-0.25, -0.2) is 0 Å². The van der Waals surface area contributed by atoms with Crippen LogP contribution in [-0.2, 0) is 6.42 Å². The van der Waals surface area contributed by atoms with Gasteiger partial charge in [0.2, 0.25) is 0 Å². The van der Waals surface area contributed by atoms with Crippen LogP contribution < -0.4 is 11.3 Å². The van der Waals surface area contributed by atoms with Crippen LogP contribution in [-0.4, -0.2) is 0 Å². The molecule has 0 heterocycles. The third-order valence-electron chi connectivity index (χ3n) is 3.26. The average molecular weight is 445 g/mol. The third-order valence-corrected chi connectivity index (χ3v) is 4.65. The number of nitrogens with two attached hydrogens (primary N) is 1. The minimum Gasteiger partial charge on any atom is -0.271 e. The fraction of sp³-hybridized carbons (Fsp3) is 0.250. The van der Waals surface area contributed by atoms with E-state index in [0.29, 0.717) is 0 Å². The lowest BCUT2D eigenvalue weighted by molar-refractivity contribution is 0.549. The molecule has 0 aromatic heterocycles. The minimum atomic E-state index is 0.0975. The smallest absolute Gasteiger partial charge is 0.0511 e. The molecule has 2 nitrogen and oxygen atoms in total. The zero-order valence-corrected chi connectivity index (χ0v) is 15.3. The Kier molecular flexibility index (Phi) is 5.60. The molecule has 106 valence electrons. The predicted octanol–water partition coefficient (Wildman–Crippen LogP) is 4.42. The normalized spacial score (nSPS) is 12.4. The molecule has 0 aliphatic heterocycles. The van der Waals surface area contributed by atoms with Gasteiger partial charge in [0.1, 0.15) is 0 Å². The summed E-state index contributed by atoms with van der Waals surface area (Å²) in [5.41, 5.74) is 8.01. The highest BCUT2D eigenvalue weighted by molar-refractivity contribution is 14.1. The van der Waals surface area contributed by atoms with E-state index in [4.69, 9.17) is 5.84 Å². The molecular formula is C16H18BrIN2. The van der Waals surface area contributed by atoms with Crippen LogP contribution in [0, 0.1) is 17.4 Å². The second-order valence-corrected chi connectivity index (χ2v) is 7.19. The van der Waals surface area contributed by atoms with Gasteiger partial charge in [-0.15, -0.1) is 0 Å². The molecule has 0 aliphatic carbocycles. The van der Waals surface area contributed by atoms with Crippen molar-refractivity contribution >= 4 is 38.5 Å². The maximum absolute atomic E-state index is 5.77. The number of aryl methyl sites for hydroxylation is 2. The quantitative estimate of drug-likeness (QED) is 0.416. The second-order valence-electron chi connectivity index (χ2n) is 5.09. The number of hydrogen-bond donors (Lipinski definition) is 2. The number of halogens is 2. The van der Waals surface area contributed by atoms with Crippen LogP contribution in [0.3, 0.4) is 0 Å². The lowest BCUT2D eigenvalue weighted by Crippen LogP contribution is -2.30. The monoisotopic (exact) mass is 444 g/mol. The van der Waals surface area contributed by atoms with Crippen molar-refractivity contribution in [3.05, 3.63) is 66.7 Å². The third kappa shape index (κ3) is 4.04. The van der Waals surface area contributed by atoms with Gasteiger partial charge < -0.3 is 0 Å². The lowest BCUT2D eigenvalue weighted by Gasteiger charge is -2.19. The van der Waals surface area contributed by atoms with Gasteiger partial charge in [0.05, 0.1) is 6.04 Å². The molecule has 2 aromatic rings. The first kappa shape index (κ1) is 15.9. The summed E-state index contributed by atoms with van der Waals surface area (Å²) >= 11 is 5.94. The zero-order chi connectivity index (χ0) is 14.7. The molecule has 0 saturated heterocycles. The zero-order valence-electron chi connectivity index (χ0n) is 11.6. The molecule has 3 N–H and O–H groups in total. The fourth-order valence-electron chi connectivity index (χ4n) is 2.46. The molecule has 0 fully saturated rings. The molecule has 0 aliphatic rings. The van der Waals surface area contributed by atoms with Gasteiger partial charge >= 0.3 is 0 Å². The van der Waals surface area contributed by atoms with Gasteiger partial charge in [-0.1, -0.05) is 45.3 Å². The number of benzene rings is 2. The molecule has 2 rings (SSSR count). The average Bonchev–Trinajstić information content (AvgIpc) is 2.38. The highest BCUT2D eigenvalue weighted by Crippen LogP contribution is 2.28. The maximum Gasteiger partial charge on any atom is 0.0511 e. The molecule has 20 heavy (non-hydrogen) atoms. The van der Waals surface area contributed by atoms with E-state index in [1.165, 1.54) is 25.8 Å². The summed E-state index contributed by atoms with van der Waals surface area (Å²) in [7, 11) is 0. The van der Waals surface area contributed by atoms with Gasteiger partial charge in [0, 0.05) is 8.04 Å². The van der Waals surface area contributed by atoms with E-state index < -0.39 is 0 Å². The van der Waals surface area contributed by atoms with Gasteiger partial charge in [0.15, 0.2) is 0 Å². The molecule has 1 atom stereocenters. The molecule has 0 spiro atoms. The molecule has 0 amide bonds. The topological polar surface area (TPSA) is 38.0 Å².